The summed E-state index contributed by atoms with van der Waals surface area (Å²) in [5.74, 6) is 0. The first kappa shape index (κ1) is 11.8. The number of nitrogens with two attached hydrogens (primary N) is 1. The fourth-order valence-electron chi connectivity index (χ4n) is 0.970. The Morgan fingerprint density at radius 2 is 2.25 bits per heavy atom. The van der Waals surface area contributed by atoms with Gasteiger partial charge in [-0.2, -0.15) is 0 Å². The third kappa shape index (κ3) is 3.82. The Morgan fingerprint density at radius 3 is 2.81 bits per heavy atom. The predicted octanol–water partition coefficient (Wildman–Crippen LogP) is 0.660. The van der Waals surface area contributed by atoms with Gasteiger partial charge in [-0.15, -0.1) is 0 Å². The van der Waals surface area contributed by atoms with E-state index >= 15 is 0 Å². The highest BCUT2D eigenvalue weighted by Crippen LogP contribution is 2.02. The van der Waals surface area contributed by atoms with Crippen LogP contribution in [0.25, 0.3) is 0 Å². The number of primary amides is 1. The number of hydrogen-bond acceptors (Lipinski definition) is 5. The molecule has 1 aromatic rings. The van der Waals surface area contributed by atoms with Crippen LogP contribution in [0.15, 0.2) is 24.5 Å². The Hall–Kier alpha value is -2.31. The molecule has 0 radical (unpaired) electrons. The third-order valence-electron chi connectivity index (χ3n) is 1.65. The van der Waals surface area contributed by atoms with Crippen molar-refractivity contribution in [2.45, 2.75) is 6.54 Å². The smallest absolute Gasteiger partial charge is 0.332 e. The van der Waals surface area contributed by atoms with Gasteiger partial charge in [-0.1, -0.05) is 6.07 Å². The summed E-state index contributed by atoms with van der Waals surface area (Å²) in [5.41, 5.74) is 5.45. The van der Waals surface area contributed by atoms with Crippen LogP contribution in [-0.2, 0) is 16.3 Å². The summed E-state index contributed by atoms with van der Waals surface area (Å²) in [6.45, 7) is 0.287. The maximum atomic E-state index is 11.2. The molecule has 1 rings (SSSR count). The van der Waals surface area contributed by atoms with Crippen LogP contribution in [0.4, 0.5) is 9.59 Å². The average Bonchev–Trinajstić information content (AvgIpc) is 2.27. The number of hydrogen-bond donors (Lipinski definition) is 1. The molecule has 2 N–H and O–H groups in total. The van der Waals surface area contributed by atoms with Crippen LogP contribution < -0.4 is 5.73 Å². The molecule has 0 saturated heterocycles. The van der Waals surface area contributed by atoms with Gasteiger partial charge in [0.15, 0.2) is 0 Å². The summed E-state index contributed by atoms with van der Waals surface area (Å²) in [6, 6.07) is 3.54. The van der Waals surface area contributed by atoms with Crippen molar-refractivity contribution in [2.24, 2.45) is 5.73 Å². The van der Waals surface area contributed by atoms with Crippen LogP contribution in [0.5, 0.6) is 0 Å². The largest absolute Gasteiger partial charge is 0.453 e. The van der Waals surface area contributed by atoms with Gasteiger partial charge >= 0.3 is 12.2 Å². The van der Waals surface area contributed by atoms with E-state index in [4.69, 9.17) is 0 Å². The van der Waals surface area contributed by atoms with Gasteiger partial charge in [0.05, 0.1) is 6.54 Å². The van der Waals surface area contributed by atoms with Crippen LogP contribution in [0.1, 0.15) is 5.56 Å². The molecule has 0 bridgehead atoms. The van der Waals surface area contributed by atoms with Crippen molar-refractivity contribution >= 4 is 12.2 Å². The second-order valence-corrected chi connectivity index (χ2v) is 2.97. The molecule has 1 heterocycles. The Labute approximate surface area is 91.7 Å². The Bertz CT molecular complexity index is 368. The third-order valence-corrected chi connectivity index (χ3v) is 1.65. The van der Waals surface area contributed by atoms with E-state index in [1.807, 2.05) is 0 Å². The predicted molar refractivity (Wildman–Crippen MR) is 52.9 cm³/mol. The first-order valence-electron chi connectivity index (χ1n) is 4.37. The van der Waals surface area contributed by atoms with Crippen LogP contribution in [0.3, 0.4) is 0 Å². The number of amides is 2. The minimum absolute atomic E-state index is 0.287. The average molecular weight is 225 g/mol. The Morgan fingerprint density at radius 1 is 1.50 bits per heavy atom. The van der Waals surface area contributed by atoms with Gasteiger partial charge in [0, 0.05) is 19.4 Å². The summed E-state index contributed by atoms with van der Waals surface area (Å²) in [7, 11) is 1.49. The summed E-state index contributed by atoms with van der Waals surface area (Å²) in [4.78, 5) is 34.5. The Kier molecular flexibility index (Phi) is 4.07. The van der Waals surface area contributed by atoms with Gasteiger partial charge in [0.2, 0.25) is 0 Å². The zero-order valence-corrected chi connectivity index (χ0v) is 8.62. The SMILES string of the molecule is CN(Cc1cccnc1)C(=O)OOC(N)=O. The van der Waals surface area contributed by atoms with Crippen molar-refractivity contribution in [2.75, 3.05) is 7.05 Å². The van der Waals surface area contributed by atoms with Crippen molar-refractivity contribution in [3.8, 4) is 0 Å². The molecule has 16 heavy (non-hydrogen) atoms. The summed E-state index contributed by atoms with van der Waals surface area (Å²) in [5, 5.41) is 0. The molecule has 0 aliphatic rings. The van der Waals surface area contributed by atoms with Gasteiger partial charge in [-0.3, -0.25) is 4.98 Å². The lowest BCUT2D eigenvalue weighted by Crippen LogP contribution is -2.29. The van der Waals surface area contributed by atoms with Crippen molar-refractivity contribution < 1.29 is 19.4 Å². The van der Waals surface area contributed by atoms with Gasteiger partial charge in [0.1, 0.15) is 0 Å². The van der Waals surface area contributed by atoms with Crippen LogP contribution in [0.2, 0.25) is 0 Å². The van der Waals surface area contributed by atoms with Crippen molar-refractivity contribution in [1.82, 2.24) is 9.88 Å². The molecule has 0 saturated carbocycles. The molecular formula is C9H11N3O4. The van der Waals surface area contributed by atoms with E-state index in [1.54, 1.807) is 24.5 Å². The maximum absolute atomic E-state index is 11.2. The van der Waals surface area contributed by atoms with E-state index in [0.29, 0.717) is 0 Å². The molecule has 0 spiro atoms. The summed E-state index contributed by atoms with van der Waals surface area (Å²) in [6.07, 6.45) is 1.24. The molecule has 7 nitrogen and oxygen atoms in total. The highest BCUT2D eigenvalue weighted by molar-refractivity contribution is 5.69. The normalized spacial score (nSPS) is 9.31. The molecule has 1 aromatic heterocycles. The number of carbonyl (C=O) groups is 2. The van der Waals surface area contributed by atoms with E-state index in [9.17, 15) is 9.59 Å². The summed E-state index contributed by atoms with van der Waals surface area (Å²) >= 11 is 0. The monoisotopic (exact) mass is 225 g/mol. The number of aromatic nitrogens is 1. The first-order valence-corrected chi connectivity index (χ1v) is 4.37. The molecule has 0 aliphatic carbocycles. The molecule has 7 heteroatoms. The topological polar surface area (TPSA) is 94.8 Å². The van der Waals surface area contributed by atoms with E-state index < -0.39 is 12.2 Å². The quantitative estimate of drug-likeness (QED) is 0.589. The molecule has 0 atom stereocenters. The van der Waals surface area contributed by atoms with Gasteiger partial charge in [-0.05, 0) is 11.6 Å². The number of carbonyl (C=O) groups excluding carboxylic acids is 2. The summed E-state index contributed by atoms with van der Waals surface area (Å²) < 4.78 is 0. The van der Waals surface area contributed by atoms with Gasteiger partial charge < -0.3 is 10.6 Å². The van der Waals surface area contributed by atoms with Crippen molar-refractivity contribution in [1.29, 1.82) is 0 Å². The van der Waals surface area contributed by atoms with Crippen LogP contribution in [0, 0.1) is 0 Å². The van der Waals surface area contributed by atoms with E-state index in [2.05, 4.69) is 20.5 Å². The first-order chi connectivity index (χ1) is 7.59. The van der Waals surface area contributed by atoms with E-state index in [0.717, 1.165) is 5.56 Å². The van der Waals surface area contributed by atoms with Crippen molar-refractivity contribution in [3.63, 3.8) is 0 Å². The molecule has 86 valence electrons. The lowest BCUT2D eigenvalue weighted by Gasteiger charge is -2.14. The minimum Gasteiger partial charge on any atom is -0.332 e. The minimum atomic E-state index is -1.18. The lowest BCUT2D eigenvalue weighted by atomic mass is 10.3. The van der Waals surface area contributed by atoms with E-state index in [1.165, 1.54) is 11.9 Å². The van der Waals surface area contributed by atoms with Crippen molar-refractivity contribution in [3.05, 3.63) is 30.1 Å². The van der Waals surface area contributed by atoms with E-state index in [-0.39, 0.29) is 6.54 Å². The van der Waals surface area contributed by atoms with Crippen LogP contribution in [-0.4, -0.2) is 29.1 Å². The zero-order chi connectivity index (χ0) is 12.0. The molecule has 2 amide bonds. The van der Waals surface area contributed by atoms with Crippen LogP contribution >= 0.6 is 0 Å². The number of rotatable bonds is 2. The maximum Gasteiger partial charge on any atom is 0.453 e. The number of nitrogens with zero attached hydrogens (tertiary/aromatic N) is 2. The highest BCUT2D eigenvalue weighted by Gasteiger charge is 2.13. The number of pyridine rings is 1. The molecule has 0 aromatic carbocycles. The highest BCUT2D eigenvalue weighted by atomic mass is 17.2. The second-order valence-electron chi connectivity index (χ2n) is 2.97. The second kappa shape index (κ2) is 5.54. The molecule has 0 aliphatic heterocycles. The molecule has 0 unspecified atom stereocenters. The standard InChI is InChI=1S/C9H11N3O4/c1-12(9(14)16-15-8(10)13)6-7-3-2-4-11-5-7/h2-5H,6H2,1H3,(H2,10,13). The fourth-order valence-corrected chi connectivity index (χ4v) is 0.970. The van der Waals surface area contributed by atoms with Gasteiger partial charge in [-0.25, -0.2) is 19.4 Å². The van der Waals surface area contributed by atoms with Gasteiger partial charge in [0.25, 0.3) is 0 Å². The molecule has 0 fully saturated rings. The lowest BCUT2D eigenvalue weighted by molar-refractivity contribution is -0.184. The molecular weight excluding hydrogens is 214 g/mol. The Balaban J connectivity index is 2.43. The zero-order valence-electron chi connectivity index (χ0n) is 8.62. The fraction of sp³-hybridized carbons (Fsp3) is 0.222.